The van der Waals surface area contributed by atoms with Crippen LogP contribution in [0.15, 0.2) is 18.2 Å². The number of carboxylic acid groups (broad SMARTS) is 1. The van der Waals surface area contributed by atoms with Gasteiger partial charge in [0.15, 0.2) is 6.61 Å². The highest BCUT2D eigenvalue weighted by Crippen LogP contribution is 2.26. The molecule has 5 nitrogen and oxygen atoms in total. The van der Waals surface area contributed by atoms with Crippen LogP contribution in [0.25, 0.3) is 0 Å². The fourth-order valence-electron chi connectivity index (χ4n) is 2.06. The van der Waals surface area contributed by atoms with E-state index >= 15 is 0 Å². The minimum Gasteiger partial charge on any atom is -0.482 e. The molecule has 0 aliphatic carbocycles. The Morgan fingerprint density at radius 2 is 2.19 bits per heavy atom. The molecular weight excluding hydrogens is 301 g/mol. The fourth-order valence-corrected chi connectivity index (χ4v) is 2.28. The molecule has 0 radical (unpaired) electrons. The van der Waals surface area contributed by atoms with Crippen LogP contribution in [0.2, 0.25) is 5.02 Å². The molecule has 1 atom stereocenters. The normalized spacial score (nSPS) is 16.2. The van der Waals surface area contributed by atoms with Crippen LogP contribution in [0.1, 0.15) is 6.92 Å². The van der Waals surface area contributed by atoms with Crippen molar-refractivity contribution < 1.29 is 23.8 Å². The van der Waals surface area contributed by atoms with E-state index in [1.165, 1.54) is 17.0 Å². The van der Waals surface area contributed by atoms with Crippen molar-refractivity contribution >= 4 is 23.5 Å². The quantitative estimate of drug-likeness (QED) is 0.903. The van der Waals surface area contributed by atoms with Crippen molar-refractivity contribution in [2.75, 3.05) is 19.7 Å². The molecule has 0 saturated carbocycles. The summed E-state index contributed by atoms with van der Waals surface area (Å²) in [6, 6.07) is 3.66. The zero-order valence-electron chi connectivity index (χ0n) is 11.4. The third kappa shape index (κ3) is 3.64. The Morgan fingerprint density at radius 3 is 2.76 bits per heavy atom. The smallest absolute Gasteiger partial charge is 0.306 e. The van der Waals surface area contributed by atoms with Gasteiger partial charge in [-0.3, -0.25) is 9.59 Å². The molecule has 1 unspecified atom stereocenters. The van der Waals surface area contributed by atoms with Gasteiger partial charge in [-0.05, 0) is 18.2 Å². The zero-order valence-corrected chi connectivity index (χ0v) is 12.1. The molecule has 1 saturated heterocycles. The number of ether oxygens (including phenoxy) is 1. The van der Waals surface area contributed by atoms with Gasteiger partial charge in [-0.2, -0.15) is 0 Å². The summed E-state index contributed by atoms with van der Waals surface area (Å²) in [6.45, 7) is 2.24. The van der Waals surface area contributed by atoms with E-state index in [0.29, 0.717) is 13.1 Å². The highest BCUT2D eigenvalue weighted by Gasteiger charge is 2.37. The number of carbonyl (C=O) groups excluding carboxylic acids is 1. The lowest BCUT2D eigenvalue weighted by Gasteiger charge is -2.41. The van der Waals surface area contributed by atoms with E-state index in [9.17, 15) is 14.0 Å². The number of carboxylic acids is 1. The Hall–Kier alpha value is -1.82. The third-order valence-corrected chi connectivity index (χ3v) is 3.90. The van der Waals surface area contributed by atoms with Gasteiger partial charge in [0, 0.05) is 19.0 Å². The maximum atomic E-state index is 12.9. The van der Waals surface area contributed by atoms with Crippen LogP contribution >= 0.6 is 11.6 Å². The first-order valence-corrected chi connectivity index (χ1v) is 6.84. The van der Waals surface area contributed by atoms with Crippen molar-refractivity contribution in [1.29, 1.82) is 0 Å². The Labute approximate surface area is 126 Å². The van der Waals surface area contributed by atoms with E-state index in [0.717, 1.165) is 6.07 Å². The summed E-state index contributed by atoms with van der Waals surface area (Å²) in [5, 5.41) is 8.97. The average molecular weight is 316 g/mol. The van der Waals surface area contributed by atoms with Gasteiger partial charge in [-0.15, -0.1) is 0 Å². The Kier molecular flexibility index (Phi) is 4.67. The van der Waals surface area contributed by atoms with Gasteiger partial charge in [-0.25, -0.2) is 4.39 Å². The lowest BCUT2D eigenvalue weighted by atomic mass is 9.87. The molecule has 1 heterocycles. The maximum Gasteiger partial charge on any atom is 0.306 e. The van der Waals surface area contributed by atoms with Gasteiger partial charge in [0.2, 0.25) is 0 Å². The number of amides is 1. The number of halogens is 2. The molecule has 1 aliphatic rings. The number of hydrogen-bond acceptors (Lipinski definition) is 3. The zero-order chi connectivity index (χ0) is 15.6. The van der Waals surface area contributed by atoms with E-state index in [-0.39, 0.29) is 29.2 Å². The van der Waals surface area contributed by atoms with Crippen molar-refractivity contribution in [3.8, 4) is 5.75 Å². The number of nitrogens with zero attached hydrogens (tertiary/aromatic N) is 1. The minimum atomic E-state index is -0.860. The first-order valence-electron chi connectivity index (χ1n) is 6.47. The second-order valence-electron chi connectivity index (χ2n) is 5.05. The molecule has 7 heteroatoms. The van der Waals surface area contributed by atoms with E-state index < -0.39 is 17.7 Å². The van der Waals surface area contributed by atoms with Crippen molar-refractivity contribution in [1.82, 2.24) is 4.90 Å². The van der Waals surface area contributed by atoms with Crippen molar-refractivity contribution in [3.05, 3.63) is 29.0 Å². The largest absolute Gasteiger partial charge is 0.482 e. The number of aliphatic carboxylic acids is 1. The van der Waals surface area contributed by atoms with Crippen LogP contribution in [0.3, 0.4) is 0 Å². The van der Waals surface area contributed by atoms with Gasteiger partial charge >= 0.3 is 5.97 Å². The van der Waals surface area contributed by atoms with Gasteiger partial charge < -0.3 is 14.7 Å². The van der Waals surface area contributed by atoms with E-state index in [1.54, 1.807) is 6.92 Å². The second-order valence-corrected chi connectivity index (χ2v) is 5.46. The van der Waals surface area contributed by atoms with Crippen molar-refractivity contribution in [3.63, 3.8) is 0 Å². The molecule has 1 amide bonds. The summed E-state index contributed by atoms with van der Waals surface area (Å²) < 4.78 is 18.1. The van der Waals surface area contributed by atoms with Crippen LogP contribution in [0, 0.1) is 17.7 Å². The summed E-state index contributed by atoms with van der Waals surface area (Å²) in [5.41, 5.74) is 0. The SMILES string of the molecule is CC(C(=O)O)C1CN(C(=O)COc2ccc(F)cc2Cl)C1. The average Bonchev–Trinajstić information content (AvgIpc) is 2.35. The van der Waals surface area contributed by atoms with Gasteiger partial charge in [0.1, 0.15) is 11.6 Å². The van der Waals surface area contributed by atoms with Crippen LogP contribution < -0.4 is 4.74 Å². The highest BCUT2D eigenvalue weighted by atomic mass is 35.5. The molecule has 2 rings (SSSR count). The summed E-state index contributed by atoms with van der Waals surface area (Å²) in [5.74, 6) is -1.85. The molecule has 0 bridgehead atoms. The van der Waals surface area contributed by atoms with Gasteiger partial charge in [0.25, 0.3) is 5.91 Å². The first kappa shape index (κ1) is 15.6. The Morgan fingerprint density at radius 1 is 1.52 bits per heavy atom. The molecule has 0 aromatic heterocycles. The number of hydrogen-bond donors (Lipinski definition) is 1. The van der Waals surface area contributed by atoms with Crippen molar-refractivity contribution in [2.24, 2.45) is 11.8 Å². The topological polar surface area (TPSA) is 66.8 Å². The molecular formula is C14H15ClFNO4. The lowest BCUT2D eigenvalue weighted by Crippen LogP contribution is -2.54. The molecule has 1 aromatic rings. The standard InChI is InChI=1S/C14H15ClFNO4/c1-8(14(19)20)9-5-17(6-9)13(18)7-21-12-3-2-10(16)4-11(12)15/h2-4,8-9H,5-7H2,1H3,(H,19,20). The molecule has 1 aromatic carbocycles. The summed E-state index contributed by atoms with van der Waals surface area (Å²) in [4.78, 5) is 24.2. The monoisotopic (exact) mass is 315 g/mol. The van der Waals surface area contributed by atoms with E-state index in [2.05, 4.69) is 0 Å². The van der Waals surface area contributed by atoms with Crippen LogP contribution in [0.4, 0.5) is 4.39 Å². The lowest BCUT2D eigenvalue weighted by molar-refractivity contribution is -0.151. The van der Waals surface area contributed by atoms with Crippen LogP contribution in [-0.2, 0) is 9.59 Å². The summed E-state index contributed by atoms with van der Waals surface area (Å²) in [6.07, 6.45) is 0. The number of carbonyl (C=O) groups is 2. The third-order valence-electron chi connectivity index (χ3n) is 3.60. The number of benzene rings is 1. The molecule has 114 valence electrons. The molecule has 1 aliphatic heterocycles. The predicted molar refractivity (Wildman–Crippen MR) is 73.8 cm³/mol. The van der Waals surface area contributed by atoms with Crippen LogP contribution in [-0.4, -0.2) is 41.6 Å². The summed E-state index contributed by atoms with van der Waals surface area (Å²) >= 11 is 5.78. The second kappa shape index (κ2) is 6.30. The van der Waals surface area contributed by atoms with E-state index in [4.69, 9.17) is 21.4 Å². The van der Waals surface area contributed by atoms with E-state index in [1.807, 2.05) is 0 Å². The molecule has 1 fully saturated rings. The summed E-state index contributed by atoms with van der Waals surface area (Å²) in [7, 11) is 0. The number of likely N-dealkylation sites (tertiary alicyclic amines) is 1. The van der Waals surface area contributed by atoms with Gasteiger partial charge in [0.05, 0.1) is 10.9 Å². The minimum absolute atomic E-state index is 0.0270. The predicted octanol–water partition coefficient (Wildman–Crippen LogP) is 2.04. The Bertz CT molecular complexity index is 560. The van der Waals surface area contributed by atoms with Gasteiger partial charge in [-0.1, -0.05) is 18.5 Å². The number of rotatable bonds is 5. The fraction of sp³-hybridized carbons (Fsp3) is 0.429. The van der Waals surface area contributed by atoms with Crippen LogP contribution in [0.5, 0.6) is 5.75 Å². The highest BCUT2D eigenvalue weighted by molar-refractivity contribution is 6.32. The molecule has 21 heavy (non-hydrogen) atoms. The molecule has 0 spiro atoms. The van der Waals surface area contributed by atoms with Crippen molar-refractivity contribution in [2.45, 2.75) is 6.92 Å². The Balaban J connectivity index is 1.80. The first-order chi connectivity index (χ1) is 9.88. The maximum absolute atomic E-state index is 12.9. The molecule has 1 N–H and O–H groups in total.